The van der Waals surface area contributed by atoms with Crippen molar-refractivity contribution in [1.29, 1.82) is 0 Å². The molecule has 150 valence electrons. The van der Waals surface area contributed by atoms with Crippen LogP contribution in [0.2, 0.25) is 0 Å². The lowest BCUT2D eigenvalue weighted by Crippen LogP contribution is -2.49. The molecule has 6 nitrogen and oxygen atoms in total. The number of allylic oxidation sites excluding steroid dienone is 1. The number of hydrogen-bond donors (Lipinski definition) is 0. The highest BCUT2D eigenvalue weighted by Crippen LogP contribution is 2.45. The molecule has 0 N–H and O–H groups in total. The van der Waals surface area contributed by atoms with Crippen LogP contribution in [0.15, 0.2) is 41.7 Å². The van der Waals surface area contributed by atoms with Gasteiger partial charge in [0.1, 0.15) is 11.0 Å². The average molecular weight is 396 g/mol. The van der Waals surface area contributed by atoms with E-state index in [1.807, 2.05) is 30.3 Å². The van der Waals surface area contributed by atoms with Gasteiger partial charge in [-0.1, -0.05) is 30.3 Å². The first kappa shape index (κ1) is 20.3. The first-order chi connectivity index (χ1) is 13.1. The Hall–Kier alpha value is -1.41. The van der Waals surface area contributed by atoms with E-state index in [0.717, 1.165) is 30.4 Å². The molecule has 0 aromatic heterocycles. The highest BCUT2D eigenvalue weighted by atomic mass is 32.2. The fraction of sp³-hybridized carbons (Fsp3) is 0.600. The van der Waals surface area contributed by atoms with Gasteiger partial charge in [0.15, 0.2) is 0 Å². The standard InChI is InChI=1S/C20H29NO5S/c1-24-14-12-21(13-15-25-2)19-17-10-6-7-11-18(17)26-27(22,23)20(19)16-8-4-3-5-9-16/h3-5,8-9,19-20H,6-7,10-15H2,1-2H3. The molecule has 0 fully saturated rings. The fourth-order valence-electron chi connectivity index (χ4n) is 4.05. The van der Waals surface area contributed by atoms with E-state index in [1.54, 1.807) is 14.2 Å². The number of nitrogens with zero attached hydrogens (tertiary/aromatic N) is 1. The molecular formula is C20H29NO5S. The van der Waals surface area contributed by atoms with Crippen LogP contribution in [0.4, 0.5) is 0 Å². The smallest absolute Gasteiger partial charge is 0.317 e. The highest BCUT2D eigenvalue weighted by Gasteiger charge is 2.47. The Morgan fingerprint density at radius 3 is 2.30 bits per heavy atom. The van der Waals surface area contributed by atoms with Crippen molar-refractivity contribution in [2.45, 2.75) is 37.0 Å². The lowest BCUT2D eigenvalue weighted by atomic mass is 9.87. The van der Waals surface area contributed by atoms with E-state index in [0.29, 0.717) is 38.5 Å². The summed E-state index contributed by atoms with van der Waals surface area (Å²) < 4.78 is 42.5. The topological polar surface area (TPSA) is 65.1 Å². The number of rotatable bonds is 8. The molecule has 1 aliphatic carbocycles. The van der Waals surface area contributed by atoms with Gasteiger partial charge in [0.05, 0.1) is 19.3 Å². The molecule has 27 heavy (non-hydrogen) atoms. The quantitative estimate of drug-likeness (QED) is 0.631. The number of hydrogen-bond acceptors (Lipinski definition) is 6. The van der Waals surface area contributed by atoms with Crippen molar-refractivity contribution in [1.82, 2.24) is 4.90 Å². The van der Waals surface area contributed by atoms with Gasteiger partial charge in [-0.2, -0.15) is 8.42 Å². The second kappa shape index (κ2) is 9.19. The Kier molecular flexibility index (Phi) is 6.92. The molecule has 1 aliphatic heterocycles. The van der Waals surface area contributed by atoms with Crippen molar-refractivity contribution in [3.8, 4) is 0 Å². The third-order valence-corrected chi connectivity index (χ3v) is 6.90. The second-order valence-electron chi connectivity index (χ2n) is 7.03. The molecule has 0 radical (unpaired) electrons. The number of methoxy groups -OCH3 is 2. The molecule has 0 amide bonds. The first-order valence-corrected chi connectivity index (χ1v) is 11.0. The molecule has 0 spiro atoms. The third-order valence-electron chi connectivity index (χ3n) is 5.32. The SMILES string of the molecule is COCCN(CCOC)C1C2=C(CCCC2)OS(=O)(=O)C1c1ccccc1. The molecule has 2 aliphatic rings. The summed E-state index contributed by atoms with van der Waals surface area (Å²) in [5.41, 5.74) is 1.89. The van der Waals surface area contributed by atoms with Gasteiger partial charge in [-0.15, -0.1) is 0 Å². The van der Waals surface area contributed by atoms with Gasteiger partial charge in [-0.3, -0.25) is 4.90 Å². The minimum absolute atomic E-state index is 0.258. The van der Waals surface area contributed by atoms with Crippen molar-refractivity contribution in [3.63, 3.8) is 0 Å². The monoisotopic (exact) mass is 395 g/mol. The molecule has 2 unspecified atom stereocenters. The highest BCUT2D eigenvalue weighted by molar-refractivity contribution is 7.87. The largest absolute Gasteiger partial charge is 0.386 e. The van der Waals surface area contributed by atoms with Gasteiger partial charge >= 0.3 is 10.1 Å². The summed E-state index contributed by atoms with van der Waals surface area (Å²) in [7, 11) is -0.449. The predicted octanol–water partition coefficient (Wildman–Crippen LogP) is 2.88. The maximum Gasteiger partial charge on any atom is 0.317 e. The Labute approximate surface area is 162 Å². The van der Waals surface area contributed by atoms with Crippen LogP contribution < -0.4 is 0 Å². The van der Waals surface area contributed by atoms with Crippen LogP contribution in [0, 0.1) is 0 Å². The summed E-state index contributed by atoms with van der Waals surface area (Å²) in [5, 5.41) is -0.746. The van der Waals surface area contributed by atoms with E-state index in [1.165, 1.54) is 0 Å². The average Bonchev–Trinajstić information content (AvgIpc) is 2.67. The second-order valence-corrected chi connectivity index (χ2v) is 8.69. The van der Waals surface area contributed by atoms with Crippen LogP contribution in [-0.2, 0) is 23.8 Å². The first-order valence-electron chi connectivity index (χ1n) is 9.50. The maximum absolute atomic E-state index is 13.2. The van der Waals surface area contributed by atoms with Crippen molar-refractivity contribution in [2.75, 3.05) is 40.5 Å². The van der Waals surface area contributed by atoms with Gasteiger partial charge in [0.25, 0.3) is 0 Å². The van der Waals surface area contributed by atoms with Crippen LogP contribution in [-0.4, -0.2) is 59.9 Å². The fourth-order valence-corrected chi connectivity index (χ4v) is 5.77. The van der Waals surface area contributed by atoms with Crippen molar-refractivity contribution in [3.05, 3.63) is 47.2 Å². The van der Waals surface area contributed by atoms with E-state index >= 15 is 0 Å². The van der Waals surface area contributed by atoms with Crippen LogP contribution >= 0.6 is 0 Å². The summed E-state index contributed by atoms with van der Waals surface area (Å²) in [6, 6.07) is 9.14. The van der Waals surface area contributed by atoms with Gasteiger partial charge in [0, 0.05) is 33.7 Å². The summed E-state index contributed by atoms with van der Waals surface area (Å²) in [6.45, 7) is 2.34. The zero-order chi connectivity index (χ0) is 19.3. The molecule has 7 heteroatoms. The van der Waals surface area contributed by atoms with Gasteiger partial charge in [-0.05, 0) is 30.4 Å². The summed E-state index contributed by atoms with van der Waals surface area (Å²) in [6.07, 6.45) is 3.58. The normalized spacial score (nSPS) is 24.6. The minimum Gasteiger partial charge on any atom is -0.386 e. The summed E-state index contributed by atoms with van der Waals surface area (Å²) in [5.74, 6) is 0.651. The molecule has 0 bridgehead atoms. The minimum atomic E-state index is -3.77. The van der Waals surface area contributed by atoms with Crippen LogP contribution in [0.1, 0.15) is 36.5 Å². The molecule has 1 heterocycles. The lowest BCUT2D eigenvalue weighted by Gasteiger charge is -2.43. The van der Waals surface area contributed by atoms with Crippen LogP contribution in [0.25, 0.3) is 0 Å². The maximum atomic E-state index is 13.2. The molecule has 2 atom stereocenters. The van der Waals surface area contributed by atoms with E-state index in [9.17, 15) is 8.42 Å². The third kappa shape index (κ3) is 4.54. The molecule has 0 saturated carbocycles. The molecule has 3 rings (SSSR count). The van der Waals surface area contributed by atoms with Crippen molar-refractivity contribution < 1.29 is 22.1 Å². The molecule has 1 aromatic rings. The zero-order valence-corrected chi connectivity index (χ0v) is 16.9. The Bertz CT molecular complexity index is 739. The number of ether oxygens (including phenoxy) is 2. The van der Waals surface area contributed by atoms with E-state index in [2.05, 4.69) is 4.90 Å². The Morgan fingerprint density at radius 1 is 1.04 bits per heavy atom. The van der Waals surface area contributed by atoms with Crippen molar-refractivity contribution in [2.24, 2.45) is 0 Å². The van der Waals surface area contributed by atoms with E-state index in [-0.39, 0.29) is 6.04 Å². The van der Waals surface area contributed by atoms with Crippen molar-refractivity contribution >= 4 is 10.1 Å². The Morgan fingerprint density at radius 2 is 1.67 bits per heavy atom. The summed E-state index contributed by atoms with van der Waals surface area (Å²) in [4.78, 5) is 2.19. The molecule has 0 saturated heterocycles. The van der Waals surface area contributed by atoms with Gasteiger partial charge < -0.3 is 13.7 Å². The molecular weight excluding hydrogens is 366 g/mol. The van der Waals surface area contributed by atoms with Crippen LogP contribution in [0.5, 0.6) is 0 Å². The van der Waals surface area contributed by atoms with E-state index < -0.39 is 15.4 Å². The summed E-state index contributed by atoms with van der Waals surface area (Å²) >= 11 is 0. The van der Waals surface area contributed by atoms with Gasteiger partial charge in [0.2, 0.25) is 0 Å². The van der Waals surface area contributed by atoms with Gasteiger partial charge in [-0.25, -0.2) is 0 Å². The number of benzene rings is 1. The molecule has 1 aromatic carbocycles. The zero-order valence-electron chi connectivity index (χ0n) is 16.1. The van der Waals surface area contributed by atoms with E-state index in [4.69, 9.17) is 13.7 Å². The van der Waals surface area contributed by atoms with Crippen LogP contribution in [0.3, 0.4) is 0 Å². The predicted molar refractivity (Wildman–Crippen MR) is 104 cm³/mol. The lowest BCUT2D eigenvalue weighted by molar-refractivity contribution is 0.0881. The Balaban J connectivity index is 2.08.